The fourth-order valence-corrected chi connectivity index (χ4v) is 4.33. The summed E-state index contributed by atoms with van der Waals surface area (Å²) in [5.74, 6) is 0.0970. The second-order valence-corrected chi connectivity index (χ2v) is 8.93. The van der Waals surface area contributed by atoms with Gasteiger partial charge in [-0.1, -0.05) is 0 Å². The minimum atomic E-state index is -0.661. The van der Waals surface area contributed by atoms with Gasteiger partial charge in [0, 0.05) is 60.1 Å². The van der Waals surface area contributed by atoms with Crippen LogP contribution in [0.25, 0.3) is 11.5 Å². The predicted molar refractivity (Wildman–Crippen MR) is 134 cm³/mol. The van der Waals surface area contributed by atoms with E-state index >= 15 is 0 Å². The summed E-state index contributed by atoms with van der Waals surface area (Å²) in [6.45, 7) is 4.95. The number of anilines is 2. The van der Waals surface area contributed by atoms with Crippen LogP contribution in [0.15, 0.2) is 36.7 Å². The Hall–Kier alpha value is -3.86. The molecule has 1 fully saturated rings. The first kappa shape index (κ1) is 24.8. The average Bonchev–Trinajstić information content (AvgIpc) is 3.56. The van der Waals surface area contributed by atoms with Crippen molar-refractivity contribution < 1.29 is 18.3 Å². The van der Waals surface area contributed by atoms with E-state index in [1.165, 1.54) is 12.1 Å². The van der Waals surface area contributed by atoms with E-state index < -0.39 is 11.6 Å². The number of hydrogen-bond donors (Lipinski definition) is 1. The monoisotopic (exact) mass is 509 g/mol. The summed E-state index contributed by atoms with van der Waals surface area (Å²) in [7, 11) is 1.63. The van der Waals surface area contributed by atoms with Gasteiger partial charge in [0.2, 0.25) is 11.8 Å². The van der Waals surface area contributed by atoms with Crippen LogP contribution in [0, 0.1) is 18.6 Å². The van der Waals surface area contributed by atoms with E-state index in [4.69, 9.17) is 24.7 Å². The highest BCUT2D eigenvalue weighted by atomic mass is 19.1. The van der Waals surface area contributed by atoms with Gasteiger partial charge in [0.1, 0.15) is 23.1 Å². The number of nitrogens with one attached hydrogen (secondary N) is 1. The summed E-state index contributed by atoms with van der Waals surface area (Å²) in [6, 6.07) is 6.10. The molecule has 0 radical (unpaired) electrons. The second-order valence-electron chi connectivity index (χ2n) is 8.93. The number of aromatic nitrogens is 6. The maximum atomic E-state index is 14.9. The van der Waals surface area contributed by atoms with Gasteiger partial charge in [-0.2, -0.15) is 10.1 Å². The fraction of sp³-hybridized carbons (Fsp3) is 0.385. The SMILES string of the molecule is CCOc1cc(F)c(Cn2nc(-c3nc(Nc4ccncc4)n(CCOC)n3)c(C)c2C2CC2)c(F)c1. The van der Waals surface area contributed by atoms with Gasteiger partial charge < -0.3 is 14.8 Å². The molecule has 194 valence electrons. The van der Waals surface area contributed by atoms with Crippen LogP contribution in [-0.4, -0.2) is 49.9 Å². The summed E-state index contributed by atoms with van der Waals surface area (Å²) in [5, 5.41) is 12.7. The lowest BCUT2D eigenvalue weighted by Gasteiger charge is -2.11. The molecule has 0 spiro atoms. The van der Waals surface area contributed by atoms with Gasteiger partial charge >= 0.3 is 0 Å². The van der Waals surface area contributed by atoms with Crippen molar-refractivity contribution in [2.75, 3.05) is 25.6 Å². The Kier molecular flexibility index (Phi) is 7.13. The van der Waals surface area contributed by atoms with Gasteiger partial charge in [-0.05, 0) is 38.8 Å². The topological polar surface area (TPSA) is 91.9 Å². The third-order valence-electron chi connectivity index (χ3n) is 6.26. The van der Waals surface area contributed by atoms with Crippen molar-refractivity contribution in [2.45, 2.75) is 45.7 Å². The standard InChI is InChI=1S/C26H29F2N7O2/c1-4-37-19-13-21(27)20(22(28)14-19)15-35-24(17-5-6-17)16(2)23(32-35)25-31-26(34(33-25)11-12-36-3)30-18-7-9-29-10-8-18/h7-10,13-14,17H,4-6,11-12,15H2,1-3H3,(H,29,30,31,33). The number of nitrogens with zero attached hydrogens (tertiary/aromatic N) is 6. The van der Waals surface area contributed by atoms with Gasteiger partial charge in [0.25, 0.3) is 0 Å². The molecule has 0 saturated heterocycles. The molecule has 1 saturated carbocycles. The van der Waals surface area contributed by atoms with Gasteiger partial charge in [-0.15, -0.1) is 5.10 Å². The van der Waals surface area contributed by atoms with Crippen molar-refractivity contribution in [1.29, 1.82) is 0 Å². The number of methoxy groups -OCH3 is 1. The zero-order valence-corrected chi connectivity index (χ0v) is 21.0. The molecule has 3 aromatic heterocycles. The number of ether oxygens (including phenoxy) is 2. The van der Waals surface area contributed by atoms with Crippen LogP contribution in [-0.2, 0) is 17.8 Å². The van der Waals surface area contributed by atoms with Crippen LogP contribution in [0.2, 0.25) is 0 Å². The van der Waals surface area contributed by atoms with E-state index in [2.05, 4.69) is 10.3 Å². The van der Waals surface area contributed by atoms with Crippen LogP contribution >= 0.6 is 0 Å². The van der Waals surface area contributed by atoms with Crippen LogP contribution in [0.1, 0.15) is 42.5 Å². The van der Waals surface area contributed by atoms with Crippen molar-refractivity contribution in [1.82, 2.24) is 29.5 Å². The molecule has 0 atom stereocenters. The van der Waals surface area contributed by atoms with E-state index in [1.807, 2.05) is 19.1 Å². The first-order chi connectivity index (χ1) is 18.0. The Bertz CT molecular complexity index is 1360. The first-order valence-electron chi connectivity index (χ1n) is 12.3. The molecule has 4 aromatic rings. The van der Waals surface area contributed by atoms with Crippen LogP contribution < -0.4 is 10.1 Å². The summed E-state index contributed by atoms with van der Waals surface area (Å²) in [5.41, 5.74) is 3.21. The number of hydrogen-bond acceptors (Lipinski definition) is 7. The molecule has 0 unspecified atom stereocenters. The Morgan fingerprint density at radius 3 is 2.46 bits per heavy atom. The predicted octanol–water partition coefficient (Wildman–Crippen LogP) is 4.84. The van der Waals surface area contributed by atoms with E-state index in [0.717, 1.165) is 29.8 Å². The molecule has 0 aliphatic heterocycles. The van der Waals surface area contributed by atoms with Crippen molar-refractivity contribution in [3.05, 3.63) is 65.1 Å². The average molecular weight is 510 g/mol. The molecular weight excluding hydrogens is 480 g/mol. The van der Waals surface area contributed by atoms with Crippen LogP contribution in [0.5, 0.6) is 5.75 Å². The summed E-state index contributed by atoms with van der Waals surface area (Å²) >= 11 is 0. The van der Waals surface area contributed by atoms with Gasteiger partial charge in [0.15, 0.2) is 0 Å². The van der Waals surface area contributed by atoms with E-state index in [9.17, 15) is 8.78 Å². The van der Waals surface area contributed by atoms with Crippen molar-refractivity contribution in [3.63, 3.8) is 0 Å². The Labute approximate surface area is 213 Å². The lowest BCUT2D eigenvalue weighted by molar-refractivity contribution is 0.184. The van der Waals surface area contributed by atoms with Gasteiger partial charge in [0.05, 0.1) is 26.3 Å². The van der Waals surface area contributed by atoms with E-state index in [-0.39, 0.29) is 17.9 Å². The van der Waals surface area contributed by atoms with Crippen LogP contribution in [0.4, 0.5) is 20.4 Å². The molecule has 37 heavy (non-hydrogen) atoms. The molecule has 3 heterocycles. The summed E-state index contributed by atoms with van der Waals surface area (Å²) in [6.07, 6.45) is 5.38. The van der Waals surface area contributed by atoms with E-state index in [0.29, 0.717) is 43.1 Å². The number of pyridine rings is 1. The number of benzene rings is 1. The minimum Gasteiger partial charge on any atom is -0.494 e. The zero-order chi connectivity index (χ0) is 25.9. The van der Waals surface area contributed by atoms with Crippen molar-refractivity contribution in [3.8, 4) is 17.3 Å². The maximum Gasteiger partial charge on any atom is 0.226 e. The smallest absolute Gasteiger partial charge is 0.226 e. The Balaban J connectivity index is 1.51. The molecule has 1 aromatic carbocycles. The lowest BCUT2D eigenvalue weighted by Crippen LogP contribution is -2.10. The lowest BCUT2D eigenvalue weighted by atomic mass is 10.1. The molecule has 1 aliphatic rings. The molecule has 0 amide bonds. The quantitative estimate of drug-likeness (QED) is 0.309. The summed E-state index contributed by atoms with van der Waals surface area (Å²) < 4.78 is 43.7. The highest BCUT2D eigenvalue weighted by Gasteiger charge is 2.33. The zero-order valence-electron chi connectivity index (χ0n) is 21.0. The highest BCUT2D eigenvalue weighted by Crippen LogP contribution is 2.44. The van der Waals surface area contributed by atoms with Crippen molar-refractivity contribution in [2.24, 2.45) is 0 Å². The Morgan fingerprint density at radius 1 is 1.08 bits per heavy atom. The maximum absolute atomic E-state index is 14.9. The number of halogens is 2. The Morgan fingerprint density at radius 2 is 1.81 bits per heavy atom. The largest absolute Gasteiger partial charge is 0.494 e. The minimum absolute atomic E-state index is 0.0384. The molecule has 9 nitrogen and oxygen atoms in total. The molecule has 5 rings (SSSR count). The third-order valence-corrected chi connectivity index (χ3v) is 6.26. The number of rotatable bonds is 11. The molecule has 0 bridgehead atoms. The third kappa shape index (κ3) is 5.31. The van der Waals surface area contributed by atoms with Gasteiger partial charge in [-0.3, -0.25) is 9.67 Å². The van der Waals surface area contributed by atoms with Gasteiger partial charge in [-0.25, -0.2) is 13.5 Å². The molecule has 1 N–H and O–H groups in total. The molecule has 11 heteroatoms. The highest BCUT2D eigenvalue weighted by molar-refractivity contribution is 5.61. The molecular formula is C26H29F2N7O2. The molecule has 1 aliphatic carbocycles. The van der Waals surface area contributed by atoms with E-state index in [1.54, 1.807) is 35.8 Å². The fourth-order valence-electron chi connectivity index (χ4n) is 4.33. The second kappa shape index (κ2) is 10.6. The normalized spacial score (nSPS) is 13.2. The van der Waals surface area contributed by atoms with Crippen molar-refractivity contribution >= 4 is 11.6 Å². The summed E-state index contributed by atoms with van der Waals surface area (Å²) in [4.78, 5) is 8.77. The van der Waals surface area contributed by atoms with Crippen LogP contribution in [0.3, 0.4) is 0 Å². The first-order valence-corrected chi connectivity index (χ1v) is 12.3.